The smallest absolute Gasteiger partial charge is 0.268 e. The molecule has 1 amide bonds. The van der Waals surface area contributed by atoms with Crippen molar-refractivity contribution < 1.29 is 13.6 Å². The molecule has 0 bridgehead atoms. The molecule has 1 aliphatic heterocycles. The van der Waals surface area contributed by atoms with Crippen LogP contribution in [0.5, 0.6) is 0 Å². The maximum absolute atomic E-state index is 13.3. The topological polar surface area (TPSA) is 70.1 Å². The zero-order valence-electron chi connectivity index (χ0n) is 10.8. The maximum atomic E-state index is 13.3. The molecule has 2 rings (SSSR count). The van der Waals surface area contributed by atoms with Crippen molar-refractivity contribution in [1.82, 2.24) is 4.90 Å². The Morgan fingerprint density at radius 3 is 2.75 bits per heavy atom. The molecule has 1 fully saturated rings. The monoisotopic (exact) mass is 279 g/mol. The van der Waals surface area contributed by atoms with Gasteiger partial charge in [-0.15, -0.1) is 0 Å². The molecule has 20 heavy (non-hydrogen) atoms. The average molecular weight is 279 g/mol. The molecule has 0 spiro atoms. The molecule has 0 radical (unpaired) electrons. The van der Waals surface area contributed by atoms with Gasteiger partial charge in [-0.3, -0.25) is 4.79 Å². The Morgan fingerprint density at radius 2 is 2.15 bits per heavy atom. The number of hydrogen-bond donors (Lipinski definition) is 1. The minimum absolute atomic E-state index is 0.264. The van der Waals surface area contributed by atoms with Crippen LogP contribution in [0.4, 0.5) is 8.78 Å². The number of hydrogen-bond acceptors (Lipinski definition) is 3. The number of rotatable bonds is 3. The highest BCUT2D eigenvalue weighted by Gasteiger charge is 2.47. The van der Waals surface area contributed by atoms with Crippen LogP contribution in [0.2, 0.25) is 0 Å². The zero-order chi connectivity index (χ0) is 14.8. The number of nitriles is 1. The second-order valence-electron chi connectivity index (χ2n) is 4.97. The number of carbonyl (C=O) groups excluding carboxylic acids is 1. The first-order valence-electron chi connectivity index (χ1n) is 6.30. The standard InChI is InChI=1S/C14H15F2N3O/c15-14(16)7-11(8-17)19(9-14)13(20)12(18)6-10-4-2-1-3-5-10/h1-5,11-12H,6-7,9,18H2/t11-,12-/m0/s1. The summed E-state index contributed by atoms with van der Waals surface area (Å²) in [5.74, 6) is -3.61. The lowest BCUT2D eigenvalue weighted by Gasteiger charge is -2.23. The van der Waals surface area contributed by atoms with Crippen LogP contribution in [0.3, 0.4) is 0 Å². The fraction of sp³-hybridized carbons (Fsp3) is 0.429. The van der Waals surface area contributed by atoms with E-state index in [0.717, 1.165) is 10.5 Å². The van der Waals surface area contributed by atoms with Crippen molar-refractivity contribution in [2.45, 2.75) is 30.8 Å². The molecule has 0 aliphatic carbocycles. The Hall–Kier alpha value is -2.00. The van der Waals surface area contributed by atoms with E-state index in [1.54, 1.807) is 6.07 Å². The summed E-state index contributed by atoms with van der Waals surface area (Å²) in [7, 11) is 0. The van der Waals surface area contributed by atoms with E-state index >= 15 is 0 Å². The highest BCUT2D eigenvalue weighted by Crippen LogP contribution is 2.32. The lowest BCUT2D eigenvalue weighted by Crippen LogP contribution is -2.47. The third kappa shape index (κ3) is 3.11. The van der Waals surface area contributed by atoms with Gasteiger partial charge in [-0.2, -0.15) is 5.26 Å². The predicted octanol–water partition coefficient (Wildman–Crippen LogP) is 1.32. The summed E-state index contributed by atoms with van der Waals surface area (Å²) in [6.07, 6.45) is -0.354. The van der Waals surface area contributed by atoms with Crippen LogP contribution in [0.25, 0.3) is 0 Å². The van der Waals surface area contributed by atoms with Crippen LogP contribution in [0.15, 0.2) is 30.3 Å². The average Bonchev–Trinajstić information content (AvgIpc) is 2.74. The van der Waals surface area contributed by atoms with Crippen molar-refractivity contribution in [2.75, 3.05) is 6.54 Å². The summed E-state index contributed by atoms with van der Waals surface area (Å²) in [6, 6.07) is 8.82. The zero-order valence-corrected chi connectivity index (χ0v) is 10.8. The van der Waals surface area contributed by atoms with Crippen LogP contribution in [-0.2, 0) is 11.2 Å². The molecule has 0 unspecified atom stereocenters. The van der Waals surface area contributed by atoms with Gasteiger partial charge in [-0.05, 0) is 12.0 Å². The Bertz CT molecular complexity index is 527. The summed E-state index contributed by atoms with van der Waals surface area (Å²) in [4.78, 5) is 13.0. The number of nitrogens with zero attached hydrogens (tertiary/aromatic N) is 2. The first-order valence-corrected chi connectivity index (χ1v) is 6.30. The summed E-state index contributed by atoms with van der Waals surface area (Å²) in [5.41, 5.74) is 6.64. The first-order chi connectivity index (χ1) is 9.43. The quantitative estimate of drug-likeness (QED) is 0.907. The maximum Gasteiger partial charge on any atom is 0.268 e. The van der Waals surface area contributed by atoms with Crippen LogP contribution in [0.1, 0.15) is 12.0 Å². The lowest BCUT2D eigenvalue weighted by molar-refractivity contribution is -0.133. The third-order valence-electron chi connectivity index (χ3n) is 3.32. The molecule has 6 heteroatoms. The van der Waals surface area contributed by atoms with Gasteiger partial charge in [-0.1, -0.05) is 30.3 Å². The molecular formula is C14H15F2N3O. The molecular weight excluding hydrogens is 264 g/mol. The third-order valence-corrected chi connectivity index (χ3v) is 3.32. The highest BCUT2D eigenvalue weighted by molar-refractivity contribution is 5.83. The van der Waals surface area contributed by atoms with E-state index in [1.807, 2.05) is 30.3 Å². The second-order valence-corrected chi connectivity index (χ2v) is 4.97. The van der Waals surface area contributed by atoms with Gasteiger partial charge in [0.05, 0.1) is 18.7 Å². The van der Waals surface area contributed by atoms with Crippen molar-refractivity contribution >= 4 is 5.91 Å². The van der Waals surface area contributed by atoms with E-state index in [-0.39, 0.29) is 6.42 Å². The molecule has 2 N–H and O–H groups in total. The van der Waals surface area contributed by atoms with E-state index in [0.29, 0.717) is 0 Å². The molecule has 106 valence electrons. The van der Waals surface area contributed by atoms with Crippen LogP contribution in [0, 0.1) is 11.3 Å². The minimum atomic E-state index is -3.01. The molecule has 1 aromatic rings. The largest absolute Gasteiger partial charge is 0.320 e. The normalized spacial score (nSPS) is 22.3. The van der Waals surface area contributed by atoms with Gasteiger partial charge >= 0.3 is 0 Å². The van der Waals surface area contributed by atoms with E-state index in [9.17, 15) is 13.6 Å². The van der Waals surface area contributed by atoms with Crippen molar-refractivity contribution in [3.63, 3.8) is 0 Å². The molecule has 1 saturated heterocycles. The van der Waals surface area contributed by atoms with E-state index in [2.05, 4.69) is 0 Å². The number of halogens is 2. The lowest BCUT2D eigenvalue weighted by atomic mass is 10.1. The summed E-state index contributed by atoms with van der Waals surface area (Å²) in [5, 5.41) is 8.87. The van der Waals surface area contributed by atoms with Gasteiger partial charge < -0.3 is 10.6 Å². The molecule has 0 saturated carbocycles. The highest BCUT2D eigenvalue weighted by atomic mass is 19.3. The van der Waals surface area contributed by atoms with E-state index in [1.165, 1.54) is 0 Å². The second kappa shape index (κ2) is 5.55. The summed E-state index contributed by atoms with van der Waals surface area (Å²) >= 11 is 0. The van der Waals surface area contributed by atoms with Gasteiger partial charge in [0, 0.05) is 6.42 Å². The Morgan fingerprint density at radius 1 is 1.50 bits per heavy atom. The summed E-state index contributed by atoms with van der Waals surface area (Å²) < 4.78 is 26.6. The van der Waals surface area contributed by atoms with Gasteiger partial charge in [0.25, 0.3) is 5.92 Å². The minimum Gasteiger partial charge on any atom is -0.320 e. The van der Waals surface area contributed by atoms with Gasteiger partial charge in [0.1, 0.15) is 6.04 Å². The van der Waals surface area contributed by atoms with Crippen molar-refractivity contribution in [3.8, 4) is 6.07 Å². The molecule has 1 aliphatic rings. The van der Waals surface area contributed by atoms with E-state index < -0.39 is 36.9 Å². The fourth-order valence-electron chi connectivity index (χ4n) is 2.33. The number of likely N-dealkylation sites (tertiary alicyclic amines) is 1. The van der Waals surface area contributed by atoms with Gasteiger partial charge in [0.2, 0.25) is 5.91 Å². The van der Waals surface area contributed by atoms with Crippen molar-refractivity contribution in [2.24, 2.45) is 5.73 Å². The number of nitrogens with two attached hydrogens (primary N) is 1. The number of benzene rings is 1. The Balaban J connectivity index is 2.05. The molecule has 1 aromatic carbocycles. The van der Waals surface area contributed by atoms with E-state index in [4.69, 9.17) is 11.0 Å². The van der Waals surface area contributed by atoms with Crippen LogP contribution >= 0.6 is 0 Å². The SMILES string of the molecule is N#C[C@@H]1CC(F)(F)CN1C(=O)[C@@H](N)Cc1ccccc1. The van der Waals surface area contributed by atoms with Gasteiger partial charge in [0.15, 0.2) is 0 Å². The molecule has 4 nitrogen and oxygen atoms in total. The number of amides is 1. The number of alkyl halides is 2. The first kappa shape index (κ1) is 14.4. The van der Waals surface area contributed by atoms with Gasteiger partial charge in [-0.25, -0.2) is 8.78 Å². The van der Waals surface area contributed by atoms with Crippen molar-refractivity contribution in [1.29, 1.82) is 5.26 Å². The van der Waals surface area contributed by atoms with Crippen LogP contribution in [-0.4, -0.2) is 35.4 Å². The Labute approximate surface area is 115 Å². The van der Waals surface area contributed by atoms with Crippen LogP contribution < -0.4 is 5.73 Å². The molecule has 2 atom stereocenters. The Kier molecular flexibility index (Phi) is 4.00. The fourth-order valence-corrected chi connectivity index (χ4v) is 2.33. The van der Waals surface area contributed by atoms with Crippen molar-refractivity contribution in [3.05, 3.63) is 35.9 Å². The molecule has 1 heterocycles. The predicted molar refractivity (Wildman–Crippen MR) is 68.8 cm³/mol. The number of carbonyl (C=O) groups is 1. The summed E-state index contributed by atoms with van der Waals surface area (Å²) in [6.45, 7) is -0.730. The molecule has 0 aromatic heterocycles.